The third kappa shape index (κ3) is 1.52. The van der Waals surface area contributed by atoms with E-state index in [1.54, 1.807) is 0 Å². The number of nitrogens with zero attached hydrogens (tertiary/aromatic N) is 2. The van der Waals surface area contributed by atoms with Crippen LogP contribution in [-0.2, 0) is 0 Å². The topological polar surface area (TPSA) is 25.8 Å². The zero-order valence-corrected chi connectivity index (χ0v) is 12.7. The molecule has 0 aliphatic heterocycles. The summed E-state index contributed by atoms with van der Waals surface area (Å²) in [6.45, 7) is 0. The SMILES string of the molecule is C#Cc1cc2nc3c(nc2cc1C#C)-c1cccc2cccc-3c12. The molecule has 0 fully saturated rings. The molecule has 3 aromatic carbocycles. The van der Waals surface area contributed by atoms with Crippen molar-refractivity contribution < 1.29 is 0 Å². The standard InChI is InChI=1S/C22H10N2/c1-3-13-11-18-19(12-14(13)4-2)24-22-17-10-6-8-15-7-5-9-16(20(15)17)21(22)23-18/h1-2,5-12H. The molecule has 1 aliphatic rings. The number of hydrogen-bond acceptors (Lipinski definition) is 2. The van der Waals surface area contributed by atoms with E-state index in [-0.39, 0.29) is 0 Å². The van der Waals surface area contributed by atoms with Gasteiger partial charge in [-0.25, -0.2) is 9.97 Å². The second kappa shape index (κ2) is 4.44. The second-order valence-electron chi connectivity index (χ2n) is 5.81. The fourth-order valence-electron chi connectivity index (χ4n) is 3.45. The van der Waals surface area contributed by atoms with Gasteiger partial charge in [-0.3, -0.25) is 0 Å². The van der Waals surface area contributed by atoms with Crippen molar-refractivity contribution in [3.8, 4) is 47.2 Å². The van der Waals surface area contributed by atoms with Gasteiger partial charge >= 0.3 is 0 Å². The lowest BCUT2D eigenvalue weighted by Crippen LogP contribution is -1.93. The number of benzene rings is 3. The van der Waals surface area contributed by atoms with Crippen LogP contribution in [0.2, 0.25) is 0 Å². The molecule has 5 rings (SSSR count). The average Bonchev–Trinajstić information content (AvgIpc) is 2.94. The van der Waals surface area contributed by atoms with Crippen molar-refractivity contribution in [2.45, 2.75) is 0 Å². The minimum atomic E-state index is 0.674. The summed E-state index contributed by atoms with van der Waals surface area (Å²) in [6, 6.07) is 16.2. The highest BCUT2D eigenvalue weighted by Crippen LogP contribution is 2.45. The van der Waals surface area contributed by atoms with E-state index in [9.17, 15) is 0 Å². The van der Waals surface area contributed by atoms with Crippen LogP contribution in [0.25, 0.3) is 44.3 Å². The molecule has 0 bridgehead atoms. The Balaban J connectivity index is 1.93. The zero-order chi connectivity index (χ0) is 16.3. The molecule has 24 heavy (non-hydrogen) atoms. The molecule has 0 amide bonds. The van der Waals surface area contributed by atoms with E-state index in [1.165, 1.54) is 10.8 Å². The monoisotopic (exact) mass is 302 g/mol. The molecule has 0 N–H and O–H groups in total. The van der Waals surface area contributed by atoms with Crippen molar-refractivity contribution in [3.05, 3.63) is 59.7 Å². The van der Waals surface area contributed by atoms with Crippen LogP contribution in [0.1, 0.15) is 11.1 Å². The fraction of sp³-hybridized carbons (Fsp3) is 0. The molecule has 0 spiro atoms. The third-order valence-corrected chi connectivity index (χ3v) is 4.53. The molecule has 0 unspecified atom stereocenters. The summed E-state index contributed by atoms with van der Waals surface area (Å²) in [5, 5.41) is 2.40. The molecule has 0 atom stereocenters. The Morgan fingerprint density at radius 2 is 1.21 bits per heavy atom. The van der Waals surface area contributed by atoms with Crippen molar-refractivity contribution in [2.24, 2.45) is 0 Å². The Bertz CT molecular complexity index is 1170. The van der Waals surface area contributed by atoms with E-state index < -0.39 is 0 Å². The molecule has 108 valence electrons. The van der Waals surface area contributed by atoms with Gasteiger partial charge in [-0.05, 0) is 17.5 Å². The van der Waals surface area contributed by atoms with E-state index in [4.69, 9.17) is 22.8 Å². The van der Waals surface area contributed by atoms with Crippen molar-refractivity contribution in [1.82, 2.24) is 9.97 Å². The number of fused-ring (bicyclic) bond motifs is 4. The number of rotatable bonds is 0. The first-order chi connectivity index (χ1) is 11.8. The smallest absolute Gasteiger partial charge is 0.0979 e. The van der Waals surface area contributed by atoms with E-state index >= 15 is 0 Å². The first kappa shape index (κ1) is 12.9. The average molecular weight is 302 g/mol. The highest BCUT2D eigenvalue weighted by molar-refractivity contribution is 6.14. The van der Waals surface area contributed by atoms with Crippen molar-refractivity contribution in [1.29, 1.82) is 0 Å². The zero-order valence-electron chi connectivity index (χ0n) is 12.7. The Kier molecular flexibility index (Phi) is 2.38. The Labute approximate surface area is 139 Å². The van der Waals surface area contributed by atoms with Gasteiger partial charge < -0.3 is 0 Å². The van der Waals surface area contributed by atoms with Crippen LogP contribution >= 0.6 is 0 Å². The maximum absolute atomic E-state index is 5.57. The van der Waals surface area contributed by atoms with Crippen LogP contribution in [0.4, 0.5) is 0 Å². The lowest BCUT2D eigenvalue weighted by Gasteiger charge is -2.05. The first-order valence-corrected chi connectivity index (χ1v) is 7.61. The number of aromatic nitrogens is 2. The summed E-state index contributed by atoms with van der Waals surface area (Å²) in [5.74, 6) is 5.27. The quantitative estimate of drug-likeness (QED) is 0.396. The molecule has 2 nitrogen and oxygen atoms in total. The number of terminal acetylenes is 2. The van der Waals surface area contributed by atoms with Gasteiger partial charge in [0.05, 0.1) is 22.4 Å². The summed E-state index contributed by atoms with van der Waals surface area (Å²) in [7, 11) is 0. The number of hydrogen-bond donors (Lipinski definition) is 0. The minimum absolute atomic E-state index is 0.674. The molecule has 1 aromatic heterocycles. The van der Waals surface area contributed by atoms with Gasteiger partial charge in [0.1, 0.15) is 0 Å². The van der Waals surface area contributed by atoms with Gasteiger partial charge in [-0.1, -0.05) is 48.2 Å². The molecule has 4 aromatic rings. The molecule has 2 heteroatoms. The second-order valence-corrected chi connectivity index (χ2v) is 5.81. The summed E-state index contributed by atoms with van der Waals surface area (Å²) in [6.07, 6.45) is 11.1. The lowest BCUT2D eigenvalue weighted by molar-refractivity contribution is 1.31. The van der Waals surface area contributed by atoms with Crippen LogP contribution in [0.3, 0.4) is 0 Å². The molecule has 0 saturated carbocycles. The van der Waals surface area contributed by atoms with Gasteiger partial charge in [0.15, 0.2) is 0 Å². The highest BCUT2D eigenvalue weighted by atomic mass is 14.8. The predicted octanol–water partition coefficient (Wildman–Crippen LogP) is 4.39. The van der Waals surface area contributed by atoms with E-state index in [1.807, 2.05) is 12.1 Å². The van der Waals surface area contributed by atoms with Gasteiger partial charge in [0, 0.05) is 27.6 Å². The van der Waals surface area contributed by atoms with Crippen molar-refractivity contribution in [2.75, 3.05) is 0 Å². The molecular formula is C22H10N2. The molecular weight excluding hydrogens is 292 g/mol. The largest absolute Gasteiger partial charge is 0.244 e. The van der Waals surface area contributed by atoms with Gasteiger partial charge in [-0.2, -0.15) is 0 Å². The van der Waals surface area contributed by atoms with Gasteiger partial charge in [0.25, 0.3) is 0 Å². The maximum Gasteiger partial charge on any atom is 0.0979 e. The van der Waals surface area contributed by atoms with Crippen LogP contribution < -0.4 is 0 Å². The lowest BCUT2D eigenvalue weighted by atomic mass is 10.0. The summed E-state index contributed by atoms with van der Waals surface area (Å²) in [5.41, 5.74) is 6.94. The Morgan fingerprint density at radius 3 is 1.67 bits per heavy atom. The minimum Gasteiger partial charge on any atom is -0.244 e. The van der Waals surface area contributed by atoms with Crippen molar-refractivity contribution >= 4 is 21.8 Å². The predicted molar refractivity (Wildman–Crippen MR) is 97.3 cm³/mol. The van der Waals surface area contributed by atoms with Gasteiger partial charge in [-0.15, -0.1) is 12.8 Å². The maximum atomic E-state index is 5.57. The van der Waals surface area contributed by atoms with Gasteiger partial charge in [0.2, 0.25) is 0 Å². The summed E-state index contributed by atoms with van der Waals surface area (Å²) < 4.78 is 0. The van der Waals surface area contributed by atoms with Crippen LogP contribution in [0, 0.1) is 24.7 Å². The molecule has 0 radical (unpaired) electrons. The molecule has 0 saturated heterocycles. The van der Waals surface area contributed by atoms with Crippen LogP contribution in [0.15, 0.2) is 48.5 Å². The fourth-order valence-corrected chi connectivity index (χ4v) is 3.45. The van der Waals surface area contributed by atoms with E-state index in [2.05, 4.69) is 48.2 Å². The highest BCUT2D eigenvalue weighted by Gasteiger charge is 2.24. The van der Waals surface area contributed by atoms with Crippen molar-refractivity contribution in [3.63, 3.8) is 0 Å². The van der Waals surface area contributed by atoms with Crippen LogP contribution in [0.5, 0.6) is 0 Å². The normalized spacial score (nSPS) is 11.2. The summed E-state index contributed by atoms with van der Waals surface area (Å²) >= 11 is 0. The summed E-state index contributed by atoms with van der Waals surface area (Å²) in [4.78, 5) is 9.71. The first-order valence-electron chi connectivity index (χ1n) is 7.61. The molecule has 1 aliphatic carbocycles. The molecule has 1 heterocycles. The van der Waals surface area contributed by atoms with E-state index in [0.29, 0.717) is 11.1 Å². The third-order valence-electron chi connectivity index (χ3n) is 4.53. The Hall–Kier alpha value is -3.62. The van der Waals surface area contributed by atoms with E-state index in [0.717, 1.165) is 33.5 Å². The Morgan fingerprint density at radius 1 is 0.708 bits per heavy atom. The van der Waals surface area contributed by atoms with Crippen LogP contribution in [-0.4, -0.2) is 9.97 Å².